The van der Waals surface area contributed by atoms with E-state index in [4.69, 9.17) is 5.26 Å². The van der Waals surface area contributed by atoms with Gasteiger partial charge in [0.25, 0.3) is 0 Å². The van der Waals surface area contributed by atoms with E-state index < -0.39 is 0 Å². The van der Waals surface area contributed by atoms with E-state index in [0.717, 1.165) is 5.56 Å². The maximum atomic E-state index is 12.8. The number of hydrogen-bond donors (Lipinski definition) is 2. The summed E-state index contributed by atoms with van der Waals surface area (Å²) in [6.45, 7) is 0.524. The molecule has 0 atom stereocenters. The molecule has 0 radical (unpaired) electrons. The molecule has 0 aliphatic rings. The van der Waals surface area contributed by atoms with Gasteiger partial charge in [-0.2, -0.15) is 5.26 Å². The Kier molecular flexibility index (Phi) is 4.96. The molecule has 0 heterocycles. The van der Waals surface area contributed by atoms with Crippen molar-refractivity contribution in [3.05, 3.63) is 35.6 Å². The minimum absolute atomic E-state index is 0.000475. The third-order valence-electron chi connectivity index (χ3n) is 1.87. The maximum absolute atomic E-state index is 12.8. The molecule has 1 aromatic carbocycles. The van der Waals surface area contributed by atoms with Crippen LogP contribution in [-0.4, -0.2) is 19.0 Å². The second-order valence-corrected chi connectivity index (χ2v) is 3.17. The number of halogens is 1. The molecule has 2 N–H and O–H groups in total. The van der Waals surface area contributed by atoms with Gasteiger partial charge in [-0.05, 0) is 17.7 Å². The molecule has 1 rings (SSSR count). The Labute approximate surface area is 93.1 Å². The highest BCUT2D eigenvalue weighted by molar-refractivity contribution is 5.78. The number of amides is 1. The van der Waals surface area contributed by atoms with Crippen LogP contribution in [0, 0.1) is 17.1 Å². The molecule has 0 aromatic heterocycles. The first-order chi connectivity index (χ1) is 7.72. The number of carbonyl (C=O) groups excluding carboxylic acids is 1. The Morgan fingerprint density at radius 2 is 2.31 bits per heavy atom. The molecule has 5 heteroatoms. The predicted octanol–water partition coefficient (Wildman–Crippen LogP) is 0.555. The van der Waals surface area contributed by atoms with Gasteiger partial charge in [0.1, 0.15) is 12.4 Å². The third kappa shape index (κ3) is 4.53. The van der Waals surface area contributed by atoms with Crippen molar-refractivity contribution in [1.82, 2.24) is 10.6 Å². The van der Waals surface area contributed by atoms with E-state index in [-0.39, 0.29) is 24.8 Å². The topological polar surface area (TPSA) is 64.9 Å². The van der Waals surface area contributed by atoms with Crippen LogP contribution in [0.5, 0.6) is 0 Å². The summed E-state index contributed by atoms with van der Waals surface area (Å²) in [5, 5.41) is 13.5. The molecule has 1 aromatic rings. The van der Waals surface area contributed by atoms with Gasteiger partial charge >= 0.3 is 0 Å². The molecular weight excluding hydrogens is 209 g/mol. The van der Waals surface area contributed by atoms with E-state index in [2.05, 4.69) is 10.6 Å². The molecule has 16 heavy (non-hydrogen) atoms. The van der Waals surface area contributed by atoms with E-state index in [1.54, 1.807) is 18.2 Å². The van der Waals surface area contributed by atoms with Crippen molar-refractivity contribution in [3.63, 3.8) is 0 Å². The van der Waals surface area contributed by atoms with Gasteiger partial charge in [-0.3, -0.25) is 4.79 Å². The zero-order chi connectivity index (χ0) is 11.8. The Morgan fingerprint density at radius 3 is 3.00 bits per heavy atom. The zero-order valence-corrected chi connectivity index (χ0v) is 8.66. The summed E-state index contributed by atoms with van der Waals surface area (Å²) in [6, 6.07) is 7.95. The predicted molar refractivity (Wildman–Crippen MR) is 56.7 cm³/mol. The fourth-order valence-electron chi connectivity index (χ4n) is 1.17. The number of carbonyl (C=O) groups is 1. The molecule has 0 fully saturated rings. The first-order valence-corrected chi connectivity index (χ1v) is 4.81. The number of benzene rings is 1. The van der Waals surface area contributed by atoms with Crippen molar-refractivity contribution < 1.29 is 9.18 Å². The lowest BCUT2D eigenvalue weighted by Gasteiger charge is -2.04. The lowest BCUT2D eigenvalue weighted by atomic mass is 10.2. The molecule has 0 aliphatic carbocycles. The molecule has 84 valence electrons. The summed E-state index contributed by atoms with van der Waals surface area (Å²) < 4.78 is 12.8. The number of rotatable bonds is 5. The second kappa shape index (κ2) is 6.53. The smallest absolute Gasteiger partial charge is 0.234 e. The molecule has 0 saturated heterocycles. The highest BCUT2D eigenvalue weighted by Gasteiger charge is 1.99. The van der Waals surface area contributed by atoms with Gasteiger partial charge in [-0.15, -0.1) is 0 Å². The van der Waals surface area contributed by atoms with Crippen LogP contribution in [0.3, 0.4) is 0 Å². The molecule has 4 nitrogen and oxygen atoms in total. The van der Waals surface area contributed by atoms with Gasteiger partial charge in [0.15, 0.2) is 0 Å². The average molecular weight is 221 g/mol. The van der Waals surface area contributed by atoms with Crippen LogP contribution < -0.4 is 10.6 Å². The van der Waals surface area contributed by atoms with Gasteiger partial charge in [0.05, 0.1) is 12.6 Å². The SMILES string of the molecule is N#CCNC(=O)CNCc1cccc(F)c1. The fraction of sp³-hybridized carbons (Fsp3) is 0.273. The summed E-state index contributed by atoms with van der Waals surface area (Å²) in [7, 11) is 0. The standard InChI is InChI=1S/C11H12FN3O/c12-10-3-1-2-9(6-10)7-14-8-11(16)15-5-4-13/h1-3,6,14H,5,7-8H2,(H,15,16). The molecule has 1 amide bonds. The van der Waals surface area contributed by atoms with Gasteiger partial charge in [-0.1, -0.05) is 12.1 Å². The Morgan fingerprint density at radius 1 is 1.50 bits per heavy atom. The third-order valence-corrected chi connectivity index (χ3v) is 1.87. The van der Waals surface area contributed by atoms with E-state index in [1.807, 2.05) is 0 Å². The summed E-state index contributed by atoms with van der Waals surface area (Å²) in [5.41, 5.74) is 0.771. The van der Waals surface area contributed by atoms with Crippen LogP contribution in [0.15, 0.2) is 24.3 Å². The zero-order valence-electron chi connectivity index (χ0n) is 8.66. The normalized spacial score (nSPS) is 9.50. The first kappa shape index (κ1) is 12.1. The number of nitriles is 1. The molecular formula is C11H12FN3O. The summed E-state index contributed by atoms with van der Waals surface area (Å²) in [5.74, 6) is -0.550. The van der Waals surface area contributed by atoms with Crippen LogP contribution in [0.4, 0.5) is 4.39 Å². The van der Waals surface area contributed by atoms with Crippen molar-refractivity contribution in [2.75, 3.05) is 13.1 Å². The average Bonchev–Trinajstić information content (AvgIpc) is 2.26. The van der Waals surface area contributed by atoms with E-state index in [1.165, 1.54) is 12.1 Å². The van der Waals surface area contributed by atoms with Gasteiger partial charge < -0.3 is 10.6 Å². The fourth-order valence-corrected chi connectivity index (χ4v) is 1.17. The van der Waals surface area contributed by atoms with E-state index in [9.17, 15) is 9.18 Å². The van der Waals surface area contributed by atoms with Crippen molar-refractivity contribution in [2.45, 2.75) is 6.54 Å². The van der Waals surface area contributed by atoms with Gasteiger partial charge in [0.2, 0.25) is 5.91 Å². The first-order valence-electron chi connectivity index (χ1n) is 4.81. The van der Waals surface area contributed by atoms with Crippen LogP contribution in [0.25, 0.3) is 0 Å². The van der Waals surface area contributed by atoms with Crippen LogP contribution in [0.2, 0.25) is 0 Å². The monoisotopic (exact) mass is 221 g/mol. The lowest BCUT2D eigenvalue weighted by molar-refractivity contribution is -0.120. The minimum atomic E-state index is -0.298. The minimum Gasteiger partial charge on any atom is -0.342 e. The maximum Gasteiger partial charge on any atom is 0.234 e. The van der Waals surface area contributed by atoms with Crippen LogP contribution in [-0.2, 0) is 11.3 Å². The van der Waals surface area contributed by atoms with E-state index >= 15 is 0 Å². The number of nitrogens with zero attached hydrogens (tertiary/aromatic N) is 1. The van der Waals surface area contributed by atoms with Crippen LogP contribution >= 0.6 is 0 Å². The van der Waals surface area contributed by atoms with Crippen molar-refractivity contribution in [3.8, 4) is 6.07 Å². The molecule has 0 unspecified atom stereocenters. The Hall–Kier alpha value is -1.93. The van der Waals surface area contributed by atoms with Crippen LogP contribution in [0.1, 0.15) is 5.56 Å². The second-order valence-electron chi connectivity index (χ2n) is 3.17. The highest BCUT2D eigenvalue weighted by atomic mass is 19.1. The van der Waals surface area contributed by atoms with Crippen molar-refractivity contribution >= 4 is 5.91 Å². The van der Waals surface area contributed by atoms with Crippen molar-refractivity contribution in [2.24, 2.45) is 0 Å². The number of nitrogens with one attached hydrogen (secondary N) is 2. The van der Waals surface area contributed by atoms with Crippen molar-refractivity contribution in [1.29, 1.82) is 5.26 Å². The summed E-state index contributed by atoms with van der Waals surface area (Å²) >= 11 is 0. The molecule has 0 saturated carbocycles. The van der Waals surface area contributed by atoms with E-state index in [0.29, 0.717) is 6.54 Å². The largest absolute Gasteiger partial charge is 0.342 e. The summed E-state index contributed by atoms with van der Waals surface area (Å²) in [4.78, 5) is 11.1. The Balaban J connectivity index is 2.26. The Bertz CT molecular complexity index is 400. The lowest BCUT2D eigenvalue weighted by Crippen LogP contribution is -2.33. The van der Waals surface area contributed by atoms with Gasteiger partial charge in [0, 0.05) is 6.54 Å². The quantitative estimate of drug-likeness (QED) is 0.714. The van der Waals surface area contributed by atoms with Gasteiger partial charge in [-0.25, -0.2) is 4.39 Å². The molecule has 0 spiro atoms. The molecule has 0 aliphatic heterocycles. The number of hydrogen-bond acceptors (Lipinski definition) is 3. The molecule has 0 bridgehead atoms. The highest BCUT2D eigenvalue weighted by Crippen LogP contribution is 2.02. The summed E-state index contributed by atoms with van der Waals surface area (Å²) in [6.07, 6.45) is 0.